The van der Waals surface area contributed by atoms with Crippen molar-refractivity contribution in [1.29, 1.82) is 0 Å². The number of rotatable bonds is 8. The molecule has 0 aliphatic rings. The van der Waals surface area contributed by atoms with E-state index in [0.717, 1.165) is 35.4 Å². The van der Waals surface area contributed by atoms with Crippen LogP contribution in [-0.4, -0.2) is 30.8 Å². The molecule has 0 saturated heterocycles. The Balaban J connectivity index is 2.86. The Morgan fingerprint density at radius 2 is 2.00 bits per heavy atom. The maximum atomic E-state index is 6.31. The summed E-state index contributed by atoms with van der Waals surface area (Å²) in [6, 6.07) is -0.0338. The molecule has 0 aliphatic carbocycles. The first-order valence-electron chi connectivity index (χ1n) is 7.41. The summed E-state index contributed by atoms with van der Waals surface area (Å²) in [4.78, 5) is 4.51. The summed E-state index contributed by atoms with van der Waals surface area (Å²) >= 11 is 0. The van der Waals surface area contributed by atoms with Gasteiger partial charge in [-0.05, 0) is 27.2 Å². The number of nitrogens with two attached hydrogens (primary N) is 1. The van der Waals surface area contributed by atoms with Gasteiger partial charge in [0.05, 0.1) is 13.2 Å². The molecule has 1 aromatic rings. The minimum Gasteiger partial charge on any atom is -0.496 e. The van der Waals surface area contributed by atoms with Crippen molar-refractivity contribution in [2.45, 2.75) is 59.1 Å². The summed E-state index contributed by atoms with van der Waals surface area (Å²) < 4.78 is 11.2. The smallest absolute Gasteiger partial charge is 0.128 e. The average molecular weight is 280 g/mol. The van der Waals surface area contributed by atoms with Crippen LogP contribution in [0.1, 0.15) is 43.5 Å². The molecule has 0 fully saturated rings. The molecule has 0 aromatic carbocycles. The SMILES string of the molecule is CCCC(OCC)C(N)Cc1ncc(C)c(OC)c1C. The molecule has 1 heterocycles. The van der Waals surface area contributed by atoms with Crippen molar-refractivity contribution in [2.24, 2.45) is 5.73 Å². The molecule has 0 spiro atoms. The maximum Gasteiger partial charge on any atom is 0.128 e. The van der Waals surface area contributed by atoms with Gasteiger partial charge >= 0.3 is 0 Å². The third-order valence-electron chi connectivity index (χ3n) is 3.61. The molecule has 0 bridgehead atoms. The van der Waals surface area contributed by atoms with Gasteiger partial charge in [0.15, 0.2) is 0 Å². The molecular formula is C16H28N2O2. The van der Waals surface area contributed by atoms with Crippen molar-refractivity contribution in [3.63, 3.8) is 0 Å². The first kappa shape index (κ1) is 16.9. The molecule has 20 heavy (non-hydrogen) atoms. The van der Waals surface area contributed by atoms with Gasteiger partial charge in [0.25, 0.3) is 0 Å². The van der Waals surface area contributed by atoms with E-state index in [1.807, 2.05) is 27.0 Å². The highest BCUT2D eigenvalue weighted by Crippen LogP contribution is 2.25. The second-order valence-corrected chi connectivity index (χ2v) is 5.20. The van der Waals surface area contributed by atoms with Gasteiger partial charge in [-0.15, -0.1) is 0 Å². The number of ether oxygens (including phenoxy) is 2. The fourth-order valence-corrected chi connectivity index (χ4v) is 2.55. The van der Waals surface area contributed by atoms with E-state index in [-0.39, 0.29) is 12.1 Å². The van der Waals surface area contributed by atoms with Crippen molar-refractivity contribution in [3.05, 3.63) is 23.0 Å². The molecule has 1 rings (SSSR count). The second-order valence-electron chi connectivity index (χ2n) is 5.20. The van der Waals surface area contributed by atoms with E-state index in [0.29, 0.717) is 13.0 Å². The quantitative estimate of drug-likeness (QED) is 0.795. The number of aryl methyl sites for hydroxylation is 1. The van der Waals surface area contributed by atoms with Crippen molar-refractivity contribution >= 4 is 0 Å². The van der Waals surface area contributed by atoms with Crippen molar-refractivity contribution in [2.75, 3.05) is 13.7 Å². The molecule has 0 amide bonds. The third kappa shape index (κ3) is 4.18. The number of methoxy groups -OCH3 is 1. The predicted molar refractivity (Wildman–Crippen MR) is 82.3 cm³/mol. The molecule has 2 N–H and O–H groups in total. The molecular weight excluding hydrogens is 252 g/mol. The second kappa shape index (κ2) is 8.22. The van der Waals surface area contributed by atoms with E-state index in [1.165, 1.54) is 0 Å². The van der Waals surface area contributed by atoms with E-state index >= 15 is 0 Å². The zero-order valence-corrected chi connectivity index (χ0v) is 13.4. The lowest BCUT2D eigenvalue weighted by Gasteiger charge is -2.24. The molecule has 1 aromatic heterocycles. The zero-order chi connectivity index (χ0) is 15.1. The standard InChI is InChI=1S/C16H28N2O2/c1-6-8-15(20-7-2)13(17)9-14-12(4)16(19-5)11(3)10-18-14/h10,13,15H,6-9,17H2,1-5H3. The molecule has 0 radical (unpaired) electrons. The number of pyridine rings is 1. The Morgan fingerprint density at radius 3 is 2.55 bits per heavy atom. The summed E-state index contributed by atoms with van der Waals surface area (Å²) in [6.45, 7) is 8.89. The van der Waals surface area contributed by atoms with Crippen LogP contribution in [0.4, 0.5) is 0 Å². The Morgan fingerprint density at radius 1 is 1.30 bits per heavy atom. The normalized spacial score (nSPS) is 14.1. The number of aromatic nitrogens is 1. The monoisotopic (exact) mass is 280 g/mol. The lowest BCUT2D eigenvalue weighted by molar-refractivity contribution is 0.0376. The van der Waals surface area contributed by atoms with Gasteiger partial charge in [0, 0.05) is 42.1 Å². The van der Waals surface area contributed by atoms with E-state index < -0.39 is 0 Å². The molecule has 2 unspecified atom stereocenters. The van der Waals surface area contributed by atoms with Crippen LogP contribution in [-0.2, 0) is 11.2 Å². The third-order valence-corrected chi connectivity index (χ3v) is 3.61. The highest BCUT2D eigenvalue weighted by Gasteiger charge is 2.20. The number of nitrogens with zero attached hydrogens (tertiary/aromatic N) is 1. The van der Waals surface area contributed by atoms with Gasteiger partial charge in [-0.3, -0.25) is 4.98 Å². The van der Waals surface area contributed by atoms with Gasteiger partial charge in [-0.1, -0.05) is 13.3 Å². The van der Waals surface area contributed by atoms with Gasteiger partial charge in [0.2, 0.25) is 0 Å². The van der Waals surface area contributed by atoms with Crippen LogP contribution in [0.25, 0.3) is 0 Å². The fraction of sp³-hybridized carbons (Fsp3) is 0.688. The summed E-state index contributed by atoms with van der Waals surface area (Å²) in [5, 5.41) is 0. The number of hydrogen-bond donors (Lipinski definition) is 1. The minimum atomic E-state index is -0.0338. The van der Waals surface area contributed by atoms with Crippen LogP contribution < -0.4 is 10.5 Å². The van der Waals surface area contributed by atoms with Crippen LogP contribution in [0.5, 0.6) is 5.75 Å². The van der Waals surface area contributed by atoms with Gasteiger partial charge in [-0.25, -0.2) is 0 Å². The van der Waals surface area contributed by atoms with Crippen LogP contribution in [0, 0.1) is 13.8 Å². The van der Waals surface area contributed by atoms with E-state index in [9.17, 15) is 0 Å². The lowest BCUT2D eigenvalue weighted by atomic mass is 9.99. The Labute approximate surface area is 122 Å². The Hall–Kier alpha value is -1.13. The van der Waals surface area contributed by atoms with Gasteiger partial charge in [0.1, 0.15) is 5.75 Å². The van der Waals surface area contributed by atoms with Crippen molar-refractivity contribution in [1.82, 2.24) is 4.98 Å². The molecule has 2 atom stereocenters. The first-order chi connectivity index (χ1) is 9.54. The van der Waals surface area contributed by atoms with Crippen LogP contribution in [0.2, 0.25) is 0 Å². The van der Waals surface area contributed by atoms with E-state index in [1.54, 1.807) is 7.11 Å². The summed E-state index contributed by atoms with van der Waals surface area (Å²) in [5.41, 5.74) is 9.45. The zero-order valence-electron chi connectivity index (χ0n) is 13.4. The molecule has 4 heteroatoms. The Kier molecular flexibility index (Phi) is 6.96. The molecule has 4 nitrogen and oxygen atoms in total. The highest BCUT2D eigenvalue weighted by molar-refractivity contribution is 5.41. The molecule has 0 aliphatic heterocycles. The van der Waals surface area contributed by atoms with Crippen LogP contribution >= 0.6 is 0 Å². The largest absolute Gasteiger partial charge is 0.496 e. The summed E-state index contributed by atoms with van der Waals surface area (Å²) in [5.74, 6) is 0.908. The fourth-order valence-electron chi connectivity index (χ4n) is 2.55. The van der Waals surface area contributed by atoms with Gasteiger partial charge in [-0.2, -0.15) is 0 Å². The van der Waals surface area contributed by atoms with Crippen LogP contribution in [0.15, 0.2) is 6.20 Å². The van der Waals surface area contributed by atoms with E-state index in [2.05, 4.69) is 11.9 Å². The number of hydrogen-bond acceptors (Lipinski definition) is 4. The van der Waals surface area contributed by atoms with Crippen molar-refractivity contribution < 1.29 is 9.47 Å². The summed E-state index contributed by atoms with van der Waals surface area (Å²) in [7, 11) is 1.69. The lowest BCUT2D eigenvalue weighted by Crippen LogP contribution is -2.39. The Bertz CT molecular complexity index is 415. The van der Waals surface area contributed by atoms with Crippen molar-refractivity contribution in [3.8, 4) is 5.75 Å². The van der Waals surface area contributed by atoms with E-state index in [4.69, 9.17) is 15.2 Å². The minimum absolute atomic E-state index is 0.0338. The van der Waals surface area contributed by atoms with Crippen LogP contribution in [0.3, 0.4) is 0 Å². The topological polar surface area (TPSA) is 57.4 Å². The van der Waals surface area contributed by atoms with Gasteiger partial charge < -0.3 is 15.2 Å². The average Bonchev–Trinajstić information content (AvgIpc) is 2.42. The predicted octanol–water partition coefficient (Wildman–Crippen LogP) is 2.78. The maximum absolute atomic E-state index is 6.31. The molecule has 0 saturated carbocycles. The summed E-state index contributed by atoms with van der Waals surface area (Å²) in [6.07, 6.45) is 4.72. The molecule has 114 valence electrons. The highest BCUT2D eigenvalue weighted by atomic mass is 16.5. The first-order valence-corrected chi connectivity index (χ1v) is 7.41.